The first-order valence-electron chi connectivity index (χ1n) is 13.5. The predicted octanol–water partition coefficient (Wildman–Crippen LogP) is 4.37. The van der Waals surface area contributed by atoms with Crippen LogP contribution in [0.25, 0.3) is 10.9 Å². The molecule has 2 fully saturated rings. The van der Waals surface area contributed by atoms with Crippen molar-refractivity contribution in [1.82, 2.24) is 19.0 Å². The summed E-state index contributed by atoms with van der Waals surface area (Å²) in [5, 5.41) is 3.35. The van der Waals surface area contributed by atoms with Crippen molar-refractivity contribution in [2.75, 3.05) is 18.4 Å². The summed E-state index contributed by atoms with van der Waals surface area (Å²) in [5.41, 5.74) is 1.76. The van der Waals surface area contributed by atoms with Crippen molar-refractivity contribution in [3.05, 3.63) is 68.6 Å². The van der Waals surface area contributed by atoms with Gasteiger partial charge in [0.05, 0.1) is 10.9 Å². The number of amides is 2. The third kappa shape index (κ3) is 5.42. The van der Waals surface area contributed by atoms with Crippen LogP contribution < -0.4 is 16.6 Å². The quantitative estimate of drug-likeness (QED) is 0.469. The highest BCUT2D eigenvalue weighted by Crippen LogP contribution is 2.30. The number of fused-ring (bicyclic) bond motifs is 1. The van der Waals surface area contributed by atoms with Gasteiger partial charge in [-0.25, -0.2) is 9.59 Å². The van der Waals surface area contributed by atoms with E-state index in [1.165, 1.54) is 4.57 Å². The minimum absolute atomic E-state index is 0.00540. The zero-order valence-electron chi connectivity index (χ0n) is 22.3. The third-order valence-electron chi connectivity index (χ3n) is 7.53. The molecule has 0 radical (unpaired) electrons. The van der Waals surface area contributed by atoms with Gasteiger partial charge in [0.1, 0.15) is 5.69 Å². The maximum atomic E-state index is 13.3. The Bertz CT molecular complexity index is 1500. The van der Waals surface area contributed by atoms with Gasteiger partial charge in [-0.3, -0.25) is 23.7 Å². The van der Waals surface area contributed by atoms with Crippen LogP contribution in [0.4, 0.5) is 10.5 Å². The van der Waals surface area contributed by atoms with Gasteiger partial charge in [0.25, 0.3) is 5.56 Å². The van der Waals surface area contributed by atoms with Crippen LogP contribution in [0.2, 0.25) is 0 Å². The van der Waals surface area contributed by atoms with E-state index in [1.807, 2.05) is 32.9 Å². The number of Topliss-reactive ketones (excluding diaryl/α,β-unsaturated/α-hetero) is 1. The molecule has 3 heterocycles. The maximum absolute atomic E-state index is 13.3. The summed E-state index contributed by atoms with van der Waals surface area (Å²) in [6, 6.07) is 10.2. The van der Waals surface area contributed by atoms with Crippen LogP contribution in [-0.4, -0.2) is 43.9 Å². The summed E-state index contributed by atoms with van der Waals surface area (Å²) in [7, 11) is 0. The molecule has 1 saturated carbocycles. The van der Waals surface area contributed by atoms with Crippen molar-refractivity contribution in [3.8, 4) is 0 Å². The summed E-state index contributed by atoms with van der Waals surface area (Å²) in [4.78, 5) is 58.4. The summed E-state index contributed by atoms with van der Waals surface area (Å²) in [5.74, 6) is 0.437. The smallest absolute Gasteiger partial charge is 0.324 e. The SMILES string of the molecule is Cc1cccc(C(=O)CC2CCCN(C(=O)Nc3ccc4c(c3)c(=O)n(CC3CC3)c(=O)n4C(C)C)C2)n1. The molecule has 1 aliphatic carbocycles. The highest BCUT2D eigenvalue weighted by atomic mass is 16.2. The monoisotopic (exact) mass is 517 g/mol. The van der Waals surface area contributed by atoms with Crippen molar-refractivity contribution in [3.63, 3.8) is 0 Å². The summed E-state index contributed by atoms with van der Waals surface area (Å²) < 4.78 is 3.00. The number of pyridine rings is 1. The number of aryl methyl sites for hydroxylation is 1. The molecule has 1 saturated heterocycles. The number of piperidine rings is 1. The second-order valence-electron chi connectivity index (χ2n) is 11.0. The number of carbonyl (C=O) groups excluding carboxylic acids is 2. The van der Waals surface area contributed by atoms with Gasteiger partial charge in [-0.05, 0) is 88.6 Å². The number of ketones is 1. The first kappa shape index (κ1) is 25.9. The third-order valence-corrected chi connectivity index (χ3v) is 7.53. The van der Waals surface area contributed by atoms with E-state index in [1.54, 1.807) is 33.7 Å². The Balaban J connectivity index is 1.33. The number of anilines is 1. The topological polar surface area (TPSA) is 106 Å². The Morgan fingerprint density at radius 1 is 1.08 bits per heavy atom. The molecule has 2 aromatic heterocycles. The zero-order valence-corrected chi connectivity index (χ0v) is 22.3. The van der Waals surface area contributed by atoms with E-state index in [9.17, 15) is 19.2 Å². The molecule has 200 valence electrons. The fourth-order valence-electron chi connectivity index (χ4n) is 5.36. The Hall–Kier alpha value is -3.75. The van der Waals surface area contributed by atoms with E-state index in [0.717, 1.165) is 31.4 Å². The summed E-state index contributed by atoms with van der Waals surface area (Å²) in [6.07, 6.45) is 4.11. The molecule has 2 aliphatic rings. The minimum atomic E-state index is -0.314. The van der Waals surface area contributed by atoms with Crippen LogP contribution in [0, 0.1) is 18.8 Å². The average Bonchev–Trinajstić information content (AvgIpc) is 3.71. The number of hydrogen-bond acceptors (Lipinski definition) is 5. The number of nitrogens with zero attached hydrogens (tertiary/aromatic N) is 4. The van der Waals surface area contributed by atoms with Crippen LogP contribution in [0.5, 0.6) is 0 Å². The summed E-state index contributed by atoms with van der Waals surface area (Å²) in [6.45, 7) is 7.24. The number of rotatable bonds is 7. The lowest BCUT2D eigenvalue weighted by Gasteiger charge is -2.32. The van der Waals surface area contributed by atoms with Gasteiger partial charge < -0.3 is 10.2 Å². The van der Waals surface area contributed by atoms with Crippen LogP contribution in [0.1, 0.15) is 68.2 Å². The fraction of sp³-hybridized carbons (Fsp3) is 0.483. The molecule has 38 heavy (non-hydrogen) atoms. The molecule has 1 unspecified atom stereocenters. The van der Waals surface area contributed by atoms with Crippen LogP contribution >= 0.6 is 0 Å². The molecular weight excluding hydrogens is 482 g/mol. The Morgan fingerprint density at radius 2 is 1.87 bits per heavy atom. The van der Waals surface area contributed by atoms with Gasteiger partial charge in [0, 0.05) is 43.5 Å². The van der Waals surface area contributed by atoms with Gasteiger partial charge in [0.15, 0.2) is 5.78 Å². The first-order chi connectivity index (χ1) is 18.2. The fourth-order valence-corrected chi connectivity index (χ4v) is 5.36. The van der Waals surface area contributed by atoms with Crippen molar-refractivity contribution >= 4 is 28.4 Å². The molecular formula is C29H35N5O4. The van der Waals surface area contributed by atoms with Gasteiger partial charge in [-0.1, -0.05) is 6.07 Å². The molecule has 0 bridgehead atoms. The van der Waals surface area contributed by atoms with Crippen LogP contribution in [0.3, 0.4) is 0 Å². The predicted molar refractivity (Wildman–Crippen MR) is 147 cm³/mol. The molecule has 0 spiro atoms. The van der Waals surface area contributed by atoms with E-state index < -0.39 is 0 Å². The molecule has 2 amide bonds. The number of aromatic nitrogens is 3. The number of carbonyl (C=O) groups is 2. The Labute approximate surface area is 221 Å². The van der Waals surface area contributed by atoms with E-state index in [-0.39, 0.29) is 35.0 Å². The lowest BCUT2D eigenvalue weighted by Crippen LogP contribution is -2.43. The van der Waals surface area contributed by atoms with E-state index in [2.05, 4.69) is 10.3 Å². The molecule has 3 aromatic rings. The minimum Gasteiger partial charge on any atom is -0.324 e. The normalized spacial score (nSPS) is 17.7. The average molecular weight is 518 g/mol. The van der Waals surface area contributed by atoms with Gasteiger partial charge in [-0.15, -0.1) is 0 Å². The molecule has 1 atom stereocenters. The molecule has 1 aromatic carbocycles. The highest BCUT2D eigenvalue weighted by molar-refractivity contribution is 5.95. The standard InChI is InChI=1S/C29H35N5O4/c1-18(2)34-25-12-11-22(15-23(25)27(36)33(29(34)38)17-20-9-10-20)31-28(37)32-13-5-7-21(16-32)14-26(35)24-8-4-6-19(3)30-24/h4,6,8,11-12,15,18,20-21H,5,7,9-10,13-14,16-17H2,1-3H3,(H,31,37). The zero-order chi connectivity index (χ0) is 27.0. The highest BCUT2D eigenvalue weighted by Gasteiger charge is 2.27. The maximum Gasteiger partial charge on any atom is 0.331 e. The van der Waals surface area contributed by atoms with E-state index in [0.29, 0.717) is 54.3 Å². The van der Waals surface area contributed by atoms with E-state index >= 15 is 0 Å². The Kier molecular flexibility index (Phi) is 7.19. The van der Waals surface area contributed by atoms with Crippen LogP contribution in [0.15, 0.2) is 46.0 Å². The second-order valence-corrected chi connectivity index (χ2v) is 11.0. The molecule has 9 heteroatoms. The lowest BCUT2D eigenvalue weighted by atomic mass is 9.92. The van der Waals surface area contributed by atoms with Crippen LogP contribution in [-0.2, 0) is 6.54 Å². The van der Waals surface area contributed by atoms with E-state index in [4.69, 9.17) is 0 Å². The van der Waals surface area contributed by atoms with Gasteiger partial charge in [0.2, 0.25) is 0 Å². The Morgan fingerprint density at radius 3 is 2.58 bits per heavy atom. The largest absolute Gasteiger partial charge is 0.331 e. The number of urea groups is 1. The number of benzene rings is 1. The van der Waals surface area contributed by atoms with Crippen molar-refractivity contribution in [2.24, 2.45) is 11.8 Å². The van der Waals surface area contributed by atoms with Gasteiger partial charge >= 0.3 is 11.7 Å². The lowest BCUT2D eigenvalue weighted by molar-refractivity contribution is 0.0926. The number of nitrogens with one attached hydrogen (secondary N) is 1. The van der Waals surface area contributed by atoms with Crippen molar-refractivity contribution < 1.29 is 9.59 Å². The first-order valence-corrected chi connectivity index (χ1v) is 13.5. The van der Waals surface area contributed by atoms with Gasteiger partial charge in [-0.2, -0.15) is 0 Å². The molecule has 1 N–H and O–H groups in total. The molecule has 5 rings (SSSR count). The summed E-state index contributed by atoms with van der Waals surface area (Å²) >= 11 is 0. The molecule has 9 nitrogen and oxygen atoms in total. The molecule has 1 aliphatic heterocycles. The van der Waals surface area contributed by atoms with Crippen molar-refractivity contribution in [2.45, 2.75) is 65.5 Å². The van der Waals surface area contributed by atoms with Crippen molar-refractivity contribution in [1.29, 1.82) is 0 Å². The number of hydrogen-bond donors (Lipinski definition) is 1. The number of likely N-dealkylation sites (tertiary alicyclic amines) is 1. The second kappa shape index (κ2) is 10.6.